The molecule has 1 aromatic rings. The van der Waals surface area contributed by atoms with Crippen molar-refractivity contribution >= 4 is 5.69 Å². The van der Waals surface area contributed by atoms with E-state index < -0.39 is 0 Å². The van der Waals surface area contributed by atoms with Crippen LogP contribution in [0.1, 0.15) is 37.7 Å². The molecule has 0 bridgehead atoms. The number of nitrogens with zero attached hydrogens (tertiary/aromatic N) is 2. The van der Waals surface area contributed by atoms with Crippen molar-refractivity contribution in [1.82, 2.24) is 0 Å². The second-order valence-corrected chi connectivity index (χ2v) is 5.58. The van der Waals surface area contributed by atoms with Gasteiger partial charge in [-0.3, -0.25) is 0 Å². The van der Waals surface area contributed by atoms with Gasteiger partial charge < -0.3 is 4.90 Å². The second-order valence-electron chi connectivity index (χ2n) is 5.58. The van der Waals surface area contributed by atoms with Crippen molar-refractivity contribution in [3.8, 4) is 6.07 Å². The van der Waals surface area contributed by atoms with E-state index in [0.29, 0.717) is 5.41 Å². The Morgan fingerprint density at radius 2 is 1.88 bits per heavy atom. The zero-order valence-electron chi connectivity index (χ0n) is 10.2. The molecule has 1 aliphatic carbocycles. The Morgan fingerprint density at radius 3 is 2.59 bits per heavy atom. The van der Waals surface area contributed by atoms with Gasteiger partial charge in [-0.1, -0.05) is 25.3 Å². The van der Waals surface area contributed by atoms with Gasteiger partial charge in [0.15, 0.2) is 0 Å². The summed E-state index contributed by atoms with van der Waals surface area (Å²) in [6.07, 6.45) is 7.05. The first-order valence-corrected chi connectivity index (χ1v) is 6.57. The van der Waals surface area contributed by atoms with Gasteiger partial charge in [0.1, 0.15) is 0 Å². The molecule has 0 N–H and O–H groups in total. The average molecular weight is 226 g/mol. The Kier molecular flexibility index (Phi) is 2.55. The fraction of sp³-hybridized carbons (Fsp3) is 0.533. The quantitative estimate of drug-likeness (QED) is 0.734. The highest BCUT2D eigenvalue weighted by molar-refractivity contribution is 5.54. The summed E-state index contributed by atoms with van der Waals surface area (Å²) in [5, 5.41) is 8.91. The minimum atomic E-state index is 0.612. The maximum atomic E-state index is 8.91. The standard InChI is InChI=1S/C15H18N2/c16-10-13-5-4-6-14(9-13)17-11-15(12-17)7-2-1-3-8-15/h4-6,9H,1-3,7-8,11-12H2. The highest BCUT2D eigenvalue weighted by atomic mass is 15.2. The molecule has 2 aliphatic rings. The Balaban J connectivity index is 1.70. The van der Waals surface area contributed by atoms with Crippen LogP contribution in [-0.4, -0.2) is 13.1 Å². The van der Waals surface area contributed by atoms with E-state index >= 15 is 0 Å². The minimum Gasteiger partial charge on any atom is -0.370 e. The molecule has 1 heterocycles. The summed E-state index contributed by atoms with van der Waals surface area (Å²) in [7, 11) is 0. The average Bonchev–Trinajstić information content (AvgIpc) is 2.37. The normalized spacial score (nSPS) is 21.9. The smallest absolute Gasteiger partial charge is 0.0992 e. The molecule has 0 unspecified atom stereocenters. The molecule has 1 spiro atoms. The van der Waals surface area contributed by atoms with E-state index in [9.17, 15) is 0 Å². The minimum absolute atomic E-state index is 0.612. The fourth-order valence-corrected chi connectivity index (χ4v) is 3.34. The Labute approximate surface area is 103 Å². The maximum absolute atomic E-state index is 8.91. The van der Waals surface area contributed by atoms with Gasteiger partial charge in [0.2, 0.25) is 0 Å². The van der Waals surface area contributed by atoms with Gasteiger partial charge >= 0.3 is 0 Å². The summed E-state index contributed by atoms with van der Waals surface area (Å²) in [5.41, 5.74) is 2.60. The predicted molar refractivity (Wildman–Crippen MR) is 68.9 cm³/mol. The van der Waals surface area contributed by atoms with Crippen LogP contribution in [0.4, 0.5) is 5.69 Å². The number of benzene rings is 1. The highest BCUT2D eigenvalue weighted by Crippen LogP contribution is 2.45. The molecule has 17 heavy (non-hydrogen) atoms. The SMILES string of the molecule is N#Cc1cccc(N2CC3(CCCCC3)C2)c1. The molecule has 0 aromatic heterocycles. The summed E-state index contributed by atoms with van der Waals surface area (Å²) in [4.78, 5) is 2.42. The molecule has 0 atom stereocenters. The fourth-order valence-electron chi connectivity index (χ4n) is 3.34. The topological polar surface area (TPSA) is 27.0 Å². The van der Waals surface area contributed by atoms with Crippen molar-refractivity contribution in [3.05, 3.63) is 29.8 Å². The predicted octanol–water partition coefficient (Wildman–Crippen LogP) is 3.33. The number of hydrogen-bond acceptors (Lipinski definition) is 2. The van der Waals surface area contributed by atoms with Crippen LogP contribution < -0.4 is 4.90 Å². The lowest BCUT2D eigenvalue weighted by atomic mass is 9.68. The van der Waals surface area contributed by atoms with Crippen LogP contribution in [0.2, 0.25) is 0 Å². The lowest BCUT2D eigenvalue weighted by Crippen LogP contribution is -2.57. The summed E-state index contributed by atoms with van der Waals surface area (Å²) >= 11 is 0. The molecule has 2 nitrogen and oxygen atoms in total. The van der Waals surface area contributed by atoms with Gasteiger partial charge in [-0.2, -0.15) is 5.26 Å². The van der Waals surface area contributed by atoms with Gasteiger partial charge in [0.05, 0.1) is 11.6 Å². The van der Waals surface area contributed by atoms with E-state index in [1.54, 1.807) is 0 Å². The van der Waals surface area contributed by atoms with Crippen LogP contribution in [0, 0.1) is 16.7 Å². The van der Waals surface area contributed by atoms with Crippen LogP contribution in [0.25, 0.3) is 0 Å². The van der Waals surface area contributed by atoms with E-state index in [-0.39, 0.29) is 0 Å². The van der Waals surface area contributed by atoms with E-state index in [2.05, 4.69) is 17.0 Å². The van der Waals surface area contributed by atoms with Crippen molar-refractivity contribution in [3.63, 3.8) is 0 Å². The molecule has 0 amide bonds. The van der Waals surface area contributed by atoms with Gasteiger partial charge in [0.25, 0.3) is 0 Å². The molecular weight excluding hydrogens is 208 g/mol. The van der Waals surface area contributed by atoms with Crippen molar-refractivity contribution in [2.45, 2.75) is 32.1 Å². The first kappa shape index (κ1) is 10.7. The molecule has 1 saturated heterocycles. The van der Waals surface area contributed by atoms with Gasteiger partial charge in [-0.05, 0) is 31.0 Å². The molecule has 2 fully saturated rings. The zero-order chi connectivity index (χ0) is 11.7. The molecule has 0 radical (unpaired) electrons. The van der Waals surface area contributed by atoms with Crippen LogP contribution in [0.15, 0.2) is 24.3 Å². The van der Waals surface area contributed by atoms with Crippen LogP contribution >= 0.6 is 0 Å². The van der Waals surface area contributed by atoms with Gasteiger partial charge in [0, 0.05) is 24.2 Å². The number of anilines is 1. The largest absolute Gasteiger partial charge is 0.370 e. The molecule has 88 valence electrons. The van der Waals surface area contributed by atoms with Crippen LogP contribution in [0.5, 0.6) is 0 Å². The summed E-state index contributed by atoms with van der Waals surface area (Å²) in [6.45, 7) is 2.39. The van der Waals surface area contributed by atoms with Crippen molar-refractivity contribution in [2.75, 3.05) is 18.0 Å². The lowest BCUT2D eigenvalue weighted by Gasteiger charge is -2.53. The first-order chi connectivity index (χ1) is 8.31. The van der Waals surface area contributed by atoms with Crippen molar-refractivity contribution < 1.29 is 0 Å². The first-order valence-electron chi connectivity index (χ1n) is 6.57. The Bertz CT molecular complexity index is 444. The molecule has 2 heteroatoms. The highest BCUT2D eigenvalue weighted by Gasteiger charge is 2.43. The van der Waals surface area contributed by atoms with E-state index in [4.69, 9.17) is 5.26 Å². The second kappa shape index (κ2) is 4.07. The van der Waals surface area contributed by atoms with Gasteiger partial charge in [-0.25, -0.2) is 0 Å². The third-order valence-electron chi connectivity index (χ3n) is 4.31. The Hall–Kier alpha value is -1.49. The molecule has 1 saturated carbocycles. The monoisotopic (exact) mass is 226 g/mol. The van der Waals surface area contributed by atoms with E-state index in [1.807, 2.05) is 18.2 Å². The van der Waals surface area contributed by atoms with E-state index in [1.165, 1.54) is 50.9 Å². The third-order valence-corrected chi connectivity index (χ3v) is 4.31. The third kappa shape index (κ3) is 1.91. The van der Waals surface area contributed by atoms with Crippen LogP contribution in [0.3, 0.4) is 0 Å². The summed E-state index contributed by atoms with van der Waals surface area (Å²) < 4.78 is 0. The number of nitriles is 1. The molecule has 1 aromatic carbocycles. The van der Waals surface area contributed by atoms with Gasteiger partial charge in [-0.15, -0.1) is 0 Å². The van der Waals surface area contributed by atoms with Crippen LogP contribution in [-0.2, 0) is 0 Å². The maximum Gasteiger partial charge on any atom is 0.0992 e. The Morgan fingerprint density at radius 1 is 1.12 bits per heavy atom. The van der Waals surface area contributed by atoms with E-state index in [0.717, 1.165) is 5.56 Å². The van der Waals surface area contributed by atoms with Crippen molar-refractivity contribution in [1.29, 1.82) is 5.26 Å². The zero-order valence-corrected chi connectivity index (χ0v) is 10.2. The number of rotatable bonds is 1. The van der Waals surface area contributed by atoms with Crippen molar-refractivity contribution in [2.24, 2.45) is 5.41 Å². The summed E-state index contributed by atoms with van der Waals surface area (Å²) in [5.74, 6) is 0. The molecule has 1 aliphatic heterocycles. The number of hydrogen-bond donors (Lipinski definition) is 0. The summed E-state index contributed by atoms with van der Waals surface area (Å²) in [6, 6.07) is 10.2. The lowest BCUT2D eigenvalue weighted by molar-refractivity contribution is 0.139. The molecule has 3 rings (SSSR count). The molecular formula is C15H18N2.